The molecule has 0 aliphatic rings. The number of methoxy groups -OCH3 is 2. The minimum atomic E-state index is -0.424. The van der Waals surface area contributed by atoms with Crippen molar-refractivity contribution in [3.8, 4) is 5.75 Å². The maximum atomic E-state index is 11.6. The van der Waals surface area contributed by atoms with Crippen LogP contribution < -0.4 is 10.2 Å². The Morgan fingerprint density at radius 1 is 1.38 bits per heavy atom. The van der Waals surface area contributed by atoms with Crippen molar-refractivity contribution in [3.05, 3.63) is 40.4 Å². The second-order valence-corrected chi connectivity index (χ2v) is 5.01. The first-order valence-corrected chi connectivity index (χ1v) is 6.99. The van der Waals surface area contributed by atoms with E-state index < -0.39 is 5.97 Å². The van der Waals surface area contributed by atoms with Crippen molar-refractivity contribution in [2.75, 3.05) is 19.6 Å². The number of aryl methyl sites for hydroxylation is 1. The SMILES string of the molecule is COC(=O)c1cc(C=NNc2nc(C)cs2)cc(OC)c1. The van der Waals surface area contributed by atoms with Gasteiger partial charge < -0.3 is 9.47 Å². The number of rotatable bonds is 5. The Kier molecular flexibility index (Phi) is 4.89. The number of benzene rings is 1. The third kappa shape index (κ3) is 4.03. The van der Waals surface area contributed by atoms with E-state index in [2.05, 4.69) is 15.5 Å². The molecule has 21 heavy (non-hydrogen) atoms. The van der Waals surface area contributed by atoms with Gasteiger partial charge in [-0.25, -0.2) is 9.78 Å². The van der Waals surface area contributed by atoms with Gasteiger partial charge in [0.15, 0.2) is 0 Å². The van der Waals surface area contributed by atoms with E-state index in [9.17, 15) is 4.79 Å². The second-order valence-electron chi connectivity index (χ2n) is 4.15. The highest BCUT2D eigenvalue weighted by Gasteiger charge is 2.08. The van der Waals surface area contributed by atoms with Gasteiger partial charge in [0.25, 0.3) is 0 Å². The third-order valence-electron chi connectivity index (χ3n) is 2.58. The molecular formula is C14H15N3O3S. The molecule has 1 aromatic carbocycles. The third-order valence-corrected chi connectivity index (χ3v) is 3.44. The molecular weight excluding hydrogens is 290 g/mol. The number of nitrogens with zero attached hydrogens (tertiary/aromatic N) is 2. The van der Waals surface area contributed by atoms with Gasteiger partial charge >= 0.3 is 5.97 Å². The maximum Gasteiger partial charge on any atom is 0.338 e. The van der Waals surface area contributed by atoms with Gasteiger partial charge in [-0.1, -0.05) is 0 Å². The summed E-state index contributed by atoms with van der Waals surface area (Å²) in [5.41, 5.74) is 4.90. The smallest absolute Gasteiger partial charge is 0.338 e. The summed E-state index contributed by atoms with van der Waals surface area (Å²) in [6, 6.07) is 5.05. The zero-order valence-corrected chi connectivity index (χ0v) is 12.7. The predicted octanol–water partition coefficient (Wildman–Crippen LogP) is 2.69. The second kappa shape index (κ2) is 6.85. The molecule has 2 aromatic rings. The molecule has 1 aromatic heterocycles. The van der Waals surface area contributed by atoms with Gasteiger partial charge in [-0.15, -0.1) is 11.3 Å². The molecule has 0 aliphatic carbocycles. The summed E-state index contributed by atoms with van der Waals surface area (Å²) >= 11 is 1.47. The van der Waals surface area contributed by atoms with Gasteiger partial charge in [0, 0.05) is 5.38 Å². The van der Waals surface area contributed by atoms with Crippen LogP contribution in [0.4, 0.5) is 5.13 Å². The molecule has 0 saturated heterocycles. The molecule has 0 amide bonds. The first kappa shape index (κ1) is 15.0. The number of esters is 1. The van der Waals surface area contributed by atoms with Crippen LogP contribution in [-0.4, -0.2) is 31.4 Å². The fraction of sp³-hybridized carbons (Fsp3) is 0.214. The molecule has 110 valence electrons. The van der Waals surface area contributed by atoms with Gasteiger partial charge in [0.1, 0.15) is 5.75 Å². The van der Waals surface area contributed by atoms with Crippen LogP contribution in [0.1, 0.15) is 21.6 Å². The minimum absolute atomic E-state index is 0.406. The van der Waals surface area contributed by atoms with Crippen LogP contribution in [-0.2, 0) is 4.74 Å². The molecule has 1 heterocycles. The Balaban J connectivity index is 2.16. The zero-order valence-electron chi connectivity index (χ0n) is 11.9. The number of anilines is 1. The van der Waals surface area contributed by atoms with Gasteiger partial charge in [-0.05, 0) is 30.7 Å². The van der Waals surface area contributed by atoms with E-state index in [0.29, 0.717) is 16.4 Å². The number of nitrogens with one attached hydrogen (secondary N) is 1. The highest BCUT2D eigenvalue weighted by molar-refractivity contribution is 7.13. The number of hydrogen-bond donors (Lipinski definition) is 1. The maximum absolute atomic E-state index is 11.6. The quantitative estimate of drug-likeness (QED) is 0.522. The molecule has 0 bridgehead atoms. The van der Waals surface area contributed by atoms with E-state index in [1.165, 1.54) is 25.6 Å². The van der Waals surface area contributed by atoms with Crippen LogP contribution in [0.25, 0.3) is 0 Å². The van der Waals surface area contributed by atoms with Crippen molar-refractivity contribution < 1.29 is 14.3 Å². The number of hydrazone groups is 1. The fourth-order valence-corrected chi connectivity index (χ4v) is 2.25. The van der Waals surface area contributed by atoms with Gasteiger partial charge in [0.05, 0.1) is 31.7 Å². The molecule has 0 saturated carbocycles. The Bertz CT molecular complexity index is 667. The van der Waals surface area contributed by atoms with Crippen molar-refractivity contribution in [2.24, 2.45) is 5.10 Å². The average molecular weight is 305 g/mol. The Hall–Kier alpha value is -2.41. The molecule has 0 aliphatic heterocycles. The molecule has 0 atom stereocenters. The highest BCUT2D eigenvalue weighted by atomic mass is 32.1. The molecule has 6 nitrogen and oxygen atoms in total. The lowest BCUT2D eigenvalue weighted by molar-refractivity contribution is 0.0600. The molecule has 0 unspecified atom stereocenters. The van der Waals surface area contributed by atoms with Crippen molar-refractivity contribution >= 4 is 28.7 Å². The summed E-state index contributed by atoms with van der Waals surface area (Å²) in [6.45, 7) is 1.91. The van der Waals surface area contributed by atoms with E-state index in [-0.39, 0.29) is 0 Å². The zero-order chi connectivity index (χ0) is 15.2. The van der Waals surface area contributed by atoms with Gasteiger partial charge in [-0.3, -0.25) is 5.43 Å². The van der Waals surface area contributed by atoms with Crippen LogP contribution in [0.5, 0.6) is 5.75 Å². The number of carbonyl (C=O) groups excluding carboxylic acids is 1. The lowest BCUT2D eigenvalue weighted by atomic mass is 10.1. The molecule has 2 rings (SSSR count). The van der Waals surface area contributed by atoms with Crippen molar-refractivity contribution in [1.82, 2.24) is 4.98 Å². The Morgan fingerprint density at radius 3 is 2.81 bits per heavy atom. The summed E-state index contributed by atoms with van der Waals surface area (Å²) in [5.74, 6) is 0.136. The minimum Gasteiger partial charge on any atom is -0.497 e. The first-order valence-electron chi connectivity index (χ1n) is 6.11. The standard InChI is InChI=1S/C14H15N3O3S/c1-9-8-21-14(16-9)17-15-7-10-4-11(13(18)20-3)6-12(5-10)19-2/h4-8H,1-3H3,(H,16,17). The van der Waals surface area contributed by atoms with Gasteiger partial charge in [0.2, 0.25) is 5.13 Å². The van der Waals surface area contributed by atoms with Crippen LogP contribution in [0.15, 0.2) is 28.7 Å². The monoisotopic (exact) mass is 305 g/mol. The molecule has 7 heteroatoms. The topological polar surface area (TPSA) is 72.8 Å². The number of carbonyl (C=O) groups is 1. The Labute approximate surface area is 126 Å². The molecule has 0 fully saturated rings. The summed E-state index contributed by atoms with van der Waals surface area (Å²) in [5, 5.41) is 6.73. The van der Waals surface area contributed by atoms with Crippen LogP contribution in [0.2, 0.25) is 0 Å². The van der Waals surface area contributed by atoms with Gasteiger partial charge in [-0.2, -0.15) is 5.10 Å². The molecule has 1 N–H and O–H groups in total. The lowest BCUT2D eigenvalue weighted by Crippen LogP contribution is -2.03. The summed E-state index contributed by atoms with van der Waals surface area (Å²) in [4.78, 5) is 15.8. The average Bonchev–Trinajstić information content (AvgIpc) is 2.91. The number of thiazole rings is 1. The molecule has 0 radical (unpaired) electrons. The first-order chi connectivity index (χ1) is 10.1. The lowest BCUT2D eigenvalue weighted by Gasteiger charge is -2.05. The molecule has 0 spiro atoms. The largest absolute Gasteiger partial charge is 0.497 e. The predicted molar refractivity (Wildman–Crippen MR) is 82.4 cm³/mol. The normalized spacial score (nSPS) is 10.6. The highest BCUT2D eigenvalue weighted by Crippen LogP contribution is 2.17. The van der Waals surface area contributed by atoms with E-state index in [4.69, 9.17) is 9.47 Å². The fourth-order valence-electron chi connectivity index (χ4n) is 1.62. The van der Waals surface area contributed by atoms with Crippen molar-refractivity contribution in [2.45, 2.75) is 6.92 Å². The summed E-state index contributed by atoms with van der Waals surface area (Å²) in [6.07, 6.45) is 1.59. The van der Waals surface area contributed by atoms with E-state index in [1.54, 1.807) is 24.4 Å². The van der Waals surface area contributed by atoms with E-state index in [0.717, 1.165) is 11.3 Å². The van der Waals surface area contributed by atoms with E-state index in [1.807, 2.05) is 12.3 Å². The van der Waals surface area contributed by atoms with E-state index >= 15 is 0 Å². The number of aromatic nitrogens is 1. The van der Waals surface area contributed by atoms with Crippen LogP contribution >= 0.6 is 11.3 Å². The van der Waals surface area contributed by atoms with Crippen LogP contribution in [0, 0.1) is 6.92 Å². The van der Waals surface area contributed by atoms with Crippen LogP contribution in [0.3, 0.4) is 0 Å². The Morgan fingerprint density at radius 2 is 2.19 bits per heavy atom. The summed E-state index contributed by atoms with van der Waals surface area (Å²) in [7, 11) is 2.87. The number of ether oxygens (including phenoxy) is 2. The van der Waals surface area contributed by atoms with Crippen molar-refractivity contribution in [1.29, 1.82) is 0 Å². The summed E-state index contributed by atoms with van der Waals surface area (Å²) < 4.78 is 9.86. The van der Waals surface area contributed by atoms with Crippen molar-refractivity contribution in [3.63, 3.8) is 0 Å². The number of hydrogen-bond acceptors (Lipinski definition) is 7.